The number of hydrogen-bond acceptors (Lipinski definition) is 2. The fraction of sp³-hybridized carbons (Fsp3) is 0.500. The number of carbonyl (C=O) groups is 1. The molecule has 0 spiro atoms. The van der Waals surface area contributed by atoms with E-state index in [4.69, 9.17) is 0 Å². The summed E-state index contributed by atoms with van der Waals surface area (Å²) in [7, 11) is 1.90. The van der Waals surface area contributed by atoms with Gasteiger partial charge in [-0.3, -0.25) is 4.79 Å². The lowest BCUT2D eigenvalue weighted by atomic mass is 9.93. The number of benzene rings is 1. The van der Waals surface area contributed by atoms with E-state index in [-0.39, 0.29) is 11.9 Å². The molecule has 2 nitrogen and oxygen atoms in total. The monoisotopic (exact) mass is 249 g/mol. The van der Waals surface area contributed by atoms with Crippen molar-refractivity contribution in [2.75, 3.05) is 7.05 Å². The summed E-state index contributed by atoms with van der Waals surface area (Å²) < 4.78 is 0. The smallest absolute Gasteiger partial charge is 0.253 e. The van der Waals surface area contributed by atoms with Crippen molar-refractivity contribution >= 4 is 18.5 Å². The zero-order valence-corrected chi connectivity index (χ0v) is 11.1. The van der Waals surface area contributed by atoms with E-state index in [1.807, 2.05) is 42.3 Å². The van der Waals surface area contributed by atoms with Gasteiger partial charge in [-0.15, -0.1) is 0 Å². The van der Waals surface area contributed by atoms with E-state index < -0.39 is 0 Å². The second kappa shape index (κ2) is 5.58. The quantitative estimate of drug-likeness (QED) is 0.799. The maximum atomic E-state index is 12.3. The first-order chi connectivity index (χ1) is 8.20. The molecule has 0 N–H and O–H groups in total. The number of thiol groups is 1. The van der Waals surface area contributed by atoms with Crippen LogP contribution in [0, 0.1) is 0 Å². The molecule has 1 aliphatic carbocycles. The van der Waals surface area contributed by atoms with Crippen molar-refractivity contribution in [1.29, 1.82) is 0 Å². The van der Waals surface area contributed by atoms with Crippen LogP contribution in [0.25, 0.3) is 0 Å². The zero-order chi connectivity index (χ0) is 12.3. The molecule has 0 aromatic heterocycles. The summed E-state index contributed by atoms with van der Waals surface area (Å²) in [5.74, 6) is 0.108. The van der Waals surface area contributed by atoms with Gasteiger partial charge in [-0.1, -0.05) is 31.0 Å². The molecule has 3 heteroatoms. The van der Waals surface area contributed by atoms with Crippen molar-refractivity contribution in [1.82, 2.24) is 4.90 Å². The highest BCUT2D eigenvalue weighted by Gasteiger charge is 2.28. The minimum absolute atomic E-state index is 0.108. The second-order valence-corrected chi connectivity index (χ2v) is 5.36. The van der Waals surface area contributed by atoms with Gasteiger partial charge in [0.25, 0.3) is 5.91 Å². The highest BCUT2D eigenvalue weighted by molar-refractivity contribution is 7.81. The SMILES string of the molecule is CN(C(=O)c1ccccc1)C1CCCCC1S. The molecule has 2 rings (SSSR count). The fourth-order valence-electron chi connectivity index (χ4n) is 2.48. The van der Waals surface area contributed by atoms with Crippen molar-refractivity contribution in [3.05, 3.63) is 35.9 Å². The Kier molecular flexibility index (Phi) is 4.11. The van der Waals surface area contributed by atoms with Crippen LogP contribution in [0.15, 0.2) is 30.3 Å². The van der Waals surface area contributed by atoms with E-state index in [9.17, 15) is 4.79 Å². The first kappa shape index (κ1) is 12.5. The van der Waals surface area contributed by atoms with Gasteiger partial charge in [-0.05, 0) is 25.0 Å². The van der Waals surface area contributed by atoms with Crippen molar-refractivity contribution in [3.63, 3.8) is 0 Å². The maximum Gasteiger partial charge on any atom is 0.253 e. The molecule has 0 heterocycles. The normalized spacial score (nSPS) is 24.4. The Morgan fingerprint density at radius 3 is 2.53 bits per heavy atom. The number of carbonyl (C=O) groups excluding carboxylic acids is 1. The van der Waals surface area contributed by atoms with Crippen LogP contribution in [0.4, 0.5) is 0 Å². The highest BCUT2D eigenvalue weighted by Crippen LogP contribution is 2.27. The Labute approximate surface area is 108 Å². The van der Waals surface area contributed by atoms with Crippen LogP contribution >= 0.6 is 12.6 Å². The lowest BCUT2D eigenvalue weighted by molar-refractivity contribution is 0.0703. The van der Waals surface area contributed by atoms with Gasteiger partial charge in [0.05, 0.1) is 0 Å². The summed E-state index contributed by atoms with van der Waals surface area (Å²) in [4.78, 5) is 14.1. The number of amides is 1. The lowest BCUT2D eigenvalue weighted by Crippen LogP contribution is -2.44. The Hall–Kier alpha value is -0.960. The third-order valence-corrected chi connectivity index (χ3v) is 4.13. The van der Waals surface area contributed by atoms with E-state index in [0.29, 0.717) is 5.25 Å². The van der Waals surface area contributed by atoms with Gasteiger partial charge in [0, 0.05) is 23.9 Å². The number of rotatable bonds is 2. The molecule has 92 valence electrons. The Bertz CT molecular complexity index is 379. The summed E-state index contributed by atoms with van der Waals surface area (Å²) in [6, 6.07) is 9.75. The van der Waals surface area contributed by atoms with Crippen LogP contribution in [-0.2, 0) is 0 Å². The van der Waals surface area contributed by atoms with Crippen molar-refractivity contribution in [2.45, 2.75) is 37.0 Å². The standard InChI is InChI=1S/C14H19NOS/c1-15(12-9-5-6-10-13(12)17)14(16)11-7-3-2-4-8-11/h2-4,7-8,12-13,17H,5-6,9-10H2,1H3. The summed E-state index contributed by atoms with van der Waals surface area (Å²) in [6.45, 7) is 0. The minimum Gasteiger partial charge on any atom is -0.338 e. The van der Waals surface area contributed by atoms with Gasteiger partial charge < -0.3 is 4.90 Å². The molecule has 2 unspecified atom stereocenters. The zero-order valence-electron chi connectivity index (χ0n) is 10.2. The lowest BCUT2D eigenvalue weighted by Gasteiger charge is -2.35. The first-order valence-electron chi connectivity index (χ1n) is 6.20. The minimum atomic E-state index is 0.108. The Balaban J connectivity index is 2.09. The molecule has 0 bridgehead atoms. The first-order valence-corrected chi connectivity index (χ1v) is 6.72. The number of nitrogens with zero attached hydrogens (tertiary/aromatic N) is 1. The molecule has 1 amide bonds. The largest absolute Gasteiger partial charge is 0.338 e. The van der Waals surface area contributed by atoms with Crippen molar-refractivity contribution in [3.8, 4) is 0 Å². The average Bonchev–Trinajstić information content (AvgIpc) is 2.39. The van der Waals surface area contributed by atoms with Gasteiger partial charge in [0.15, 0.2) is 0 Å². The third-order valence-electron chi connectivity index (χ3n) is 3.53. The predicted molar refractivity (Wildman–Crippen MR) is 73.6 cm³/mol. The summed E-state index contributed by atoms with van der Waals surface area (Å²) >= 11 is 4.61. The van der Waals surface area contributed by atoms with Crippen LogP contribution in [0.2, 0.25) is 0 Å². The fourth-order valence-corrected chi connectivity index (χ4v) is 3.01. The molecule has 0 radical (unpaired) electrons. The van der Waals surface area contributed by atoms with E-state index in [0.717, 1.165) is 18.4 Å². The van der Waals surface area contributed by atoms with Crippen molar-refractivity contribution < 1.29 is 4.79 Å². The molecule has 0 aliphatic heterocycles. The van der Waals surface area contributed by atoms with Gasteiger partial charge in [0.1, 0.15) is 0 Å². The van der Waals surface area contributed by atoms with Gasteiger partial charge in [-0.2, -0.15) is 12.6 Å². The van der Waals surface area contributed by atoms with Crippen LogP contribution in [-0.4, -0.2) is 29.1 Å². The molecule has 17 heavy (non-hydrogen) atoms. The molecular formula is C14H19NOS. The summed E-state index contributed by atoms with van der Waals surface area (Å²) in [5, 5.41) is 0.321. The maximum absolute atomic E-state index is 12.3. The van der Waals surface area contributed by atoms with Gasteiger partial charge >= 0.3 is 0 Å². The van der Waals surface area contributed by atoms with Gasteiger partial charge in [-0.25, -0.2) is 0 Å². The molecule has 1 saturated carbocycles. The van der Waals surface area contributed by atoms with Crippen LogP contribution in [0.3, 0.4) is 0 Å². The topological polar surface area (TPSA) is 20.3 Å². The van der Waals surface area contributed by atoms with E-state index >= 15 is 0 Å². The second-order valence-electron chi connectivity index (χ2n) is 4.70. The molecule has 2 atom stereocenters. The van der Waals surface area contributed by atoms with E-state index in [2.05, 4.69) is 12.6 Å². The number of hydrogen-bond donors (Lipinski definition) is 1. The van der Waals surface area contributed by atoms with E-state index in [1.54, 1.807) is 0 Å². The van der Waals surface area contributed by atoms with Gasteiger partial charge in [0.2, 0.25) is 0 Å². The Morgan fingerprint density at radius 2 is 1.88 bits per heavy atom. The highest BCUT2D eigenvalue weighted by atomic mass is 32.1. The average molecular weight is 249 g/mol. The molecule has 1 aromatic carbocycles. The van der Waals surface area contributed by atoms with Crippen LogP contribution in [0.5, 0.6) is 0 Å². The predicted octanol–water partition coefficient (Wildman–Crippen LogP) is 3.00. The van der Waals surface area contributed by atoms with Crippen molar-refractivity contribution in [2.24, 2.45) is 0 Å². The molecule has 1 fully saturated rings. The summed E-state index contributed by atoms with van der Waals surface area (Å²) in [6.07, 6.45) is 4.62. The van der Waals surface area contributed by atoms with Crippen LogP contribution in [0.1, 0.15) is 36.0 Å². The third kappa shape index (κ3) is 2.83. The Morgan fingerprint density at radius 1 is 1.24 bits per heavy atom. The van der Waals surface area contributed by atoms with E-state index in [1.165, 1.54) is 12.8 Å². The van der Waals surface area contributed by atoms with Crippen LogP contribution < -0.4 is 0 Å². The molecule has 1 aliphatic rings. The molecule has 1 aromatic rings. The molecular weight excluding hydrogens is 230 g/mol. The summed E-state index contributed by atoms with van der Waals surface area (Å²) in [5.41, 5.74) is 0.765. The molecule has 0 saturated heterocycles.